The number of benzene rings is 1. The van der Waals surface area contributed by atoms with Crippen molar-refractivity contribution in [1.29, 1.82) is 0 Å². The Morgan fingerprint density at radius 1 is 1.41 bits per heavy atom. The molecule has 1 fully saturated rings. The van der Waals surface area contributed by atoms with Crippen molar-refractivity contribution in [2.24, 2.45) is 0 Å². The summed E-state index contributed by atoms with van der Waals surface area (Å²) in [6, 6.07) is 6.44. The van der Waals surface area contributed by atoms with E-state index in [1.165, 1.54) is 18.4 Å². The van der Waals surface area contributed by atoms with Crippen molar-refractivity contribution in [2.75, 3.05) is 25.1 Å². The van der Waals surface area contributed by atoms with Crippen LogP contribution in [-0.4, -0.2) is 33.5 Å². The molecule has 5 heteroatoms. The number of halogens is 1. The molecule has 1 saturated heterocycles. The van der Waals surface area contributed by atoms with Gasteiger partial charge >= 0.3 is 0 Å². The average molecular weight is 257 g/mol. The summed E-state index contributed by atoms with van der Waals surface area (Å²) in [5, 5.41) is 3.14. The molecule has 1 aromatic rings. The maximum Gasteiger partial charge on any atom is 0.147 e. The minimum absolute atomic E-state index is 0.144. The van der Waals surface area contributed by atoms with Crippen LogP contribution in [0.2, 0.25) is 0 Å². The van der Waals surface area contributed by atoms with Gasteiger partial charge in [0.15, 0.2) is 0 Å². The van der Waals surface area contributed by atoms with E-state index in [1.807, 2.05) is 6.07 Å². The smallest absolute Gasteiger partial charge is 0.147 e. The molecular formula is C12H16FNO2S. The van der Waals surface area contributed by atoms with Crippen LogP contribution in [0, 0.1) is 5.82 Å². The fraction of sp³-hybridized carbons (Fsp3) is 0.500. The third kappa shape index (κ3) is 2.84. The van der Waals surface area contributed by atoms with Crippen LogP contribution >= 0.6 is 0 Å². The van der Waals surface area contributed by atoms with Gasteiger partial charge in [-0.1, -0.05) is 12.1 Å². The average Bonchev–Trinajstić information content (AvgIpc) is 2.14. The van der Waals surface area contributed by atoms with Gasteiger partial charge in [0.2, 0.25) is 0 Å². The number of hydrogen-bond acceptors (Lipinski definition) is 3. The van der Waals surface area contributed by atoms with Gasteiger partial charge in [0.1, 0.15) is 15.7 Å². The lowest BCUT2D eigenvalue weighted by Gasteiger charge is -2.43. The van der Waals surface area contributed by atoms with Gasteiger partial charge in [-0.3, -0.25) is 0 Å². The molecule has 17 heavy (non-hydrogen) atoms. The molecule has 0 spiro atoms. The first-order valence-electron chi connectivity index (χ1n) is 5.56. The van der Waals surface area contributed by atoms with Crippen LogP contribution < -0.4 is 5.32 Å². The van der Waals surface area contributed by atoms with E-state index in [2.05, 4.69) is 5.32 Å². The van der Waals surface area contributed by atoms with Gasteiger partial charge < -0.3 is 5.32 Å². The normalized spacial score (nSPS) is 18.7. The van der Waals surface area contributed by atoms with Crippen LogP contribution in [0.5, 0.6) is 0 Å². The monoisotopic (exact) mass is 257 g/mol. The molecular weight excluding hydrogens is 241 g/mol. The summed E-state index contributed by atoms with van der Waals surface area (Å²) in [7, 11) is -2.97. The SMILES string of the molecule is CS(=O)(=O)CCC1(c2cccc(F)c2)CNC1. The highest BCUT2D eigenvalue weighted by Gasteiger charge is 2.39. The van der Waals surface area contributed by atoms with Crippen molar-refractivity contribution in [3.8, 4) is 0 Å². The first-order valence-corrected chi connectivity index (χ1v) is 7.62. The molecule has 0 atom stereocenters. The Morgan fingerprint density at radius 2 is 2.12 bits per heavy atom. The van der Waals surface area contributed by atoms with Crippen LogP contribution in [0.1, 0.15) is 12.0 Å². The molecule has 0 saturated carbocycles. The predicted molar refractivity (Wildman–Crippen MR) is 65.3 cm³/mol. The van der Waals surface area contributed by atoms with E-state index in [9.17, 15) is 12.8 Å². The Labute approximate surface area is 101 Å². The standard InChI is InChI=1S/C12H16FNO2S/c1-17(15,16)6-5-12(8-14-9-12)10-3-2-4-11(13)7-10/h2-4,7,14H,5-6,8-9H2,1H3. The molecule has 3 nitrogen and oxygen atoms in total. The molecule has 0 aromatic heterocycles. The summed E-state index contributed by atoms with van der Waals surface area (Å²) >= 11 is 0. The second-order valence-corrected chi connectivity index (χ2v) is 7.03. The van der Waals surface area contributed by atoms with Gasteiger partial charge in [0.05, 0.1) is 5.75 Å². The minimum Gasteiger partial charge on any atom is -0.315 e. The number of nitrogens with one attached hydrogen (secondary N) is 1. The summed E-state index contributed by atoms with van der Waals surface area (Å²) in [5.41, 5.74) is 0.672. The Balaban J connectivity index is 2.20. The molecule has 0 radical (unpaired) electrons. The third-order valence-electron chi connectivity index (χ3n) is 3.32. The lowest BCUT2D eigenvalue weighted by atomic mass is 9.73. The first kappa shape index (κ1) is 12.5. The number of rotatable bonds is 4. The lowest BCUT2D eigenvalue weighted by molar-refractivity contribution is 0.267. The molecule has 2 rings (SSSR count). The third-order valence-corrected chi connectivity index (χ3v) is 4.26. The van der Waals surface area contributed by atoms with E-state index in [0.717, 1.165) is 5.56 Å². The number of sulfone groups is 1. The topological polar surface area (TPSA) is 46.2 Å². The van der Waals surface area contributed by atoms with E-state index < -0.39 is 9.84 Å². The Kier molecular flexibility index (Phi) is 3.23. The molecule has 0 amide bonds. The maximum atomic E-state index is 13.2. The van der Waals surface area contributed by atoms with Gasteiger partial charge in [0.25, 0.3) is 0 Å². The largest absolute Gasteiger partial charge is 0.315 e. The van der Waals surface area contributed by atoms with Crippen LogP contribution in [0.3, 0.4) is 0 Å². The first-order chi connectivity index (χ1) is 7.91. The summed E-state index contributed by atoms with van der Waals surface area (Å²) in [4.78, 5) is 0. The van der Waals surface area contributed by atoms with Crippen molar-refractivity contribution in [3.05, 3.63) is 35.6 Å². The summed E-state index contributed by atoms with van der Waals surface area (Å²) in [6.45, 7) is 1.43. The van der Waals surface area contributed by atoms with Crippen LogP contribution in [0.4, 0.5) is 4.39 Å². The molecule has 0 bridgehead atoms. The van der Waals surface area contributed by atoms with Gasteiger partial charge in [-0.05, 0) is 24.1 Å². The molecule has 94 valence electrons. The van der Waals surface area contributed by atoms with Crippen molar-refractivity contribution in [2.45, 2.75) is 11.8 Å². The van der Waals surface area contributed by atoms with E-state index in [4.69, 9.17) is 0 Å². The maximum absolute atomic E-state index is 13.2. The molecule has 1 N–H and O–H groups in total. The van der Waals surface area contributed by atoms with E-state index in [-0.39, 0.29) is 17.0 Å². The van der Waals surface area contributed by atoms with E-state index >= 15 is 0 Å². The summed E-state index contributed by atoms with van der Waals surface area (Å²) in [5.74, 6) is -0.126. The Morgan fingerprint density at radius 3 is 2.59 bits per heavy atom. The summed E-state index contributed by atoms with van der Waals surface area (Å²) in [6.07, 6.45) is 1.78. The molecule has 0 unspecified atom stereocenters. The van der Waals surface area contributed by atoms with Gasteiger partial charge in [-0.25, -0.2) is 12.8 Å². The zero-order chi connectivity index (χ0) is 12.5. The Hall–Kier alpha value is -0.940. The fourth-order valence-electron chi connectivity index (χ4n) is 2.15. The van der Waals surface area contributed by atoms with E-state index in [1.54, 1.807) is 6.07 Å². The van der Waals surface area contributed by atoms with Gasteiger partial charge in [-0.2, -0.15) is 0 Å². The van der Waals surface area contributed by atoms with Gasteiger partial charge in [0, 0.05) is 24.8 Å². The van der Waals surface area contributed by atoms with Crippen molar-refractivity contribution in [3.63, 3.8) is 0 Å². The number of hydrogen-bond donors (Lipinski definition) is 1. The lowest BCUT2D eigenvalue weighted by Crippen LogP contribution is -2.57. The quantitative estimate of drug-likeness (QED) is 0.878. The fourth-order valence-corrected chi connectivity index (χ4v) is 2.91. The second kappa shape index (κ2) is 4.38. The minimum atomic E-state index is -2.97. The van der Waals surface area contributed by atoms with Crippen LogP contribution in [-0.2, 0) is 15.3 Å². The van der Waals surface area contributed by atoms with E-state index in [0.29, 0.717) is 19.5 Å². The summed E-state index contributed by atoms with van der Waals surface area (Å²) < 4.78 is 35.6. The van der Waals surface area contributed by atoms with Crippen LogP contribution in [0.25, 0.3) is 0 Å². The molecule has 1 heterocycles. The van der Waals surface area contributed by atoms with Crippen LogP contribution in [0.15, 0.2) is 24.3 Å². The van der Waals surface area contributed by atoms with Gasteiger partial charge in [-0.15, -0.1) is 0 Å². The molecule has 0 aliphatic carbocycles. The predicted octanol–water partition coefficient (Wildman–Crippen LogP) is 1.10. The molecule has 1 aliphatic heterocycles. The highest BCUT2D eigenvalue weighted by atomic mass is 32.2. The zero-order valence-corrected chi connectivity index (χ0v) is 10.6. The van der Waals surface area contributed by atoms with Crippen molar-refractivity contribution >= 4 is 9.84 Å². The Bertz CT molecular complexity index is 509. The van der Waals surface area contributed by atoms with Crippen molar-refractivity contribution < 1.29 is 12.8 Å². The second-order valence-electron chi connectivity index (χ2n) is 4.77. The molecule has 1 aromatic carbocycles. The van der Waals surface area contributed by atoms with Crippen molar-refractivity contribution in [1.82, 2.24) is 5.32 Å². The highest BCUT2D eigenvalue weighted by molar-refractivity contribution is 7.90. The highest BCUT2D eigenvalue weighted by Crippen LogP contribution is 2.32. The zero-order valence-electron chi connectivity index (χ0n) is 9.74. The molecule has 1 aliphatic rings.